The highest BCUT2D eigenvalue weighted by atomic mass is 32.2. The number of carbonyl (C=O) groups is 4. The van der Waals surface area contributed by atoms with Gasteiger partial charge in [-0.15, -0.1) is 0 Å². The Balaban J connectivity index is 1.29. The maximum Gasteiger partial charge on any atom is 0.254 e. The highest BCUT2D eigenvalue weighted by molar-refractivity contribution is 7.90. The van der Waals surface area contributed by atoms with Crippen molar-refractivity contribution in [1.82, 2.24) is 15.1 Å². The summed E-state index contributed by atoms with van der Waals surface area (Å²) in [5, 5.41) is 2.87. The average molecular weight is 618 g/mol. The number of carbonyl (C=O) groups excluding carboxylic acids is 4. The molecule has 0 spiro atoms. The molecule has 5 rings (SSSR count). The Morgan fingerprint density at radius 2 is 1.59 bits per heavy atom. The lowest BCUT2D eigenvalue weighted by Crippen LogP contribution is -2.53. The summed E-state index contributed by atoms with van der Waals surface area (Å²) in [4.78, 5) is 56.6. The van der Waals surface area contributed by atoms with Gasteiger partial charge in [-0.1, -0.05) is 38.1 Å². The Bertz CT molecular complexity index is 1670. The van der Waals surface area contributed by atoms with Crippen molar-refractivity contribution in [2.24, 2.45) is 5.92 Å². The number of nitrogens with zero attached hydrogens (tertiary/aromatic N) is 2. The van der Waals surface area contributed by atoms with Gasteiger partial charge in [-0.25, -0.2) is 8.42 Å². The summed E-state index contributed by atoms with van der Waals surface area (Å²) >= 11 is 0. The molecule has 11 heteroatoms. The van der Waals surface area contributed by atoms with Gasteiger partial charge in [0.1, 0.15) is 23.6 Å². The van der Waals surface area contributed by atoms with Crippen LogP contribution in [0.5, 0.6) is 11.5 Å². The largest absolute Gasteiger partial charge is 0.457 e. The zero-order valence-corrected chi connectivity index (χ0v) is 25.6. The molecule has 10 nitrogen and oxygen atoms in total. The molecule has 2 aliphatic heterocycles. The number of rotatable bonds is 9. The first-order valence-electron chi connectivity index (χ1n) is 14.5. The Morgan fingerprint density at radius 3 is 2.25 bits per heavy atom. The van der Waals surface area contributed by atoms with Crippen LogP contribution in [0.2, 0.25) is 0 Å². The lowest BCUT2D eigenvalue weighted by molar-refractivity contribution is -0.138. The van der Waals surface area contributed by atoms with E-state index in [2.05, 4.69) is 5.32 Å². The lowest BCUT2D eigenvalue weighted by atomic mass is 10.0. The average Bonchev–Trinajstić information content (AvgIpc) is 3.57. The highest BCUT2D eigenvalue weighted by Crippen LogP contribution is 2.32. The van der Waals surface area contributed by atoms with E-state index < -0.39 is 39.8 Å². The second kappa shape index (κ2) is 12.6. The van der Waals surface area contributed by atoms with Crippen molar-refractivity contribution in [2.45, 2.75) is 49.7 Å². The van der Waals surface area contributed by atoms with Crippen LogP contribution in [0.15, 0.2) is 83.8 Å². The molecule has 2 saturated heterocycles. The fraction of sp³-hybridized carbons (Fsp3) is 0.333. The van der Waals surface area contributed by atoms with Crippen molar-refractivity contribution >= 4 is 33.3 Å². The van der Waals surface area contributed by atoms with E-state index in [-0.39, 0.29) is 41.2 Å². The van der Waals surface area contributed by atoms with E-state index in [0.29, 0.717) is 29.9 Å². The van der Waals surface area contributed by atoms with Crippen LogP contribution in [0, 0.1) is 5.92 Å². The van der Waals surface area contributed by atoms with E-state index in [9.17, 15) is 27.6 Å². The van der Waals surface area contributed by atoms with Gasteiger partial charge >= 0.3 is 0 Å². The third-order valence-electron chi connectivity index (χ3n) is 7.88. The van der Waals surface area contributed by atoms with Crippen LogP contribution in [0.4, 0.5) is 0 Å². The SMILES string of the molecule is CC(C)C[C@H](NC(=O)c1ccc(Oc2ccccc2)cc1)C(=O)N1CCC2C1C(=O)CN2C(=O)c1cccc(S(C)(=O)=O)c1. The standard InChI is InChI=1S/C33H35N3O7S/c1-21(2)18-27(34-31(38)22-12-14-25(15-13-22)43-24-9-5-4-6-10-24)33(40)35-17-16-28-30(35)29(37)20-36(28)32(39)23-8-7-11-26(19-23)44(3,41)42/h4-15,19,21,27-28,30H,16-18,20H2,1-3H3,(H,34,38)/t27-,28?,30?/m0/s1. The summed E-state index contributed by atoms with van der Waals surface area (Å²) in [7, 11) is -3.53. The van der Waals surface area contributed by atoms with Gasteiger partial charge in [0.15, 0.2) is 15.6 Å². The fourth-order valence-corrected chi connectivity index (χ4v) is 6.47. The summed E-state index contributed by atoms with van der Waals surface area (Å²) in [6.45, 7) is 3.96. The molecular formula is C33H35N3O7S. The van der Waals surface area contributed by atoms with Crippen LogP contribution in [0.25, 0.3) is 0 Å². The van der Waals surface area contributed by atoms with Crippen LogP contribution in [-0.2, 0) is 19.4 Å². The summed E-state index contributed by atoms with van der Waals surface area (Å²) in [5.74, 6) is -0.220. The number of fused-ring (bicyclic) bond motifs is 1. The van der Waals surface area contributed by atoms with E-state index in [1.165, 1.54) is 34.1 Å². The quantitative estimate of drug-likeness (QED) is 0.387. The van der Waals surface area contributed by atoms with Crippen LogP contribution in [0.3, 0.4) is 0 Å². The van der Waals surface area contributed by atoms with Gasteiger partial charge in [-0.2, -0.15) is 0 Å². The molecule has 2 fully saturated rings. The molecule has 2 heterocycles. The fourth-order valence-electron chi connectivity index (χ4n) is 5.80. The second-order valence-electron chi connectivity index (χ2n) is 11.6. The molecule has 0 aliphatic carbocycles. The van der Waals surface area contributed by atoms with Crippen molar-refractivity contribution < 1.29 is 32.3 Å². The number of amides is 3. The normalized spacial score (nSPS) is 18.7. The van der Waals surface area contributed by atoms with Crippen LogP contribution in [0.1, 0.15) is 47.4 Å². The molecular weight excluding hydrogens is 582 g/mol. The summed E-state index contributed by atoms with van der Waals surface area (Å²) in [5.41, 5.74) is 0.521. The molecule has 3 atom stereocenters. The minimum absolute atomic E-state index is 0.0132. The van der Waals surface area contributed by atoms with E-state index in [4.69, 9.17) is 4.74 Å². The summed E-state index contributed by atoms with van der Waals surface area (Å²) in [6, 6.07) is 19.4. The molecule has 2 aliphatic rings. The third-order valence-corrected chi connectivity index (χ3v) is 8.99. The number of ether oxygens (including phenoxy) is 1. The number of nitrogens with one attached hydrogen (secondary N) is 1. The molecule has 0 radical (unpaired) electrons. The van der Waals surface area contributed by atoms with Crippen molar-refractivity contribution in [2.75, 3.05) is 19.3 Å². The number of hydrogen-bond donors (Lipinski definition) is 1. The predicted molar refractivity (Wildman–Crippen MR) is 163 cm³/mol. The predicted octanol–water partition coefficient (Wildman–Crippen LogP) is 3.72. The molecule has 0 aromatic heterocycles. The van der Waals surface area contributed by atoms with E-state index in [1.807, 2.05) is 44.2 Å². The smallest absolute Gasteiger partial charge is 0.254 e. The number of benzene rings is 3. The molecule has 44 heavy (non-hydrogen) atoms. The van der Waals surface area contributed by atoms with Gasteiger partial charge in [-0.05, 0) is 73.4 Å². The zero-order valence-electron chi connectivity index (χ0n) is 24.8. The molecule has 3 amide bonds. The van der Waals surface area contributed by atoms with Crippen LogP contribution >= 0.6 is 0 Å². The molecule has 3 aromatic carbocycles. The number of sulfone groups is 1. The summed E-state index contributed by atoms with van der Waals surface area (Å²) < 4.78 is 29.8. The number of hydrogen-bond acceptors (Lipinski definition) is 7. The van der Waals surface area contributed by atoms with Gasteiger partial charge < -0.3 is 19.9 Å². The van der Waals surface area contributed by atoms with Gasteiger partial charge in [0.25, 0.3) is 11.8 Å². The first kappa shape index (κ1) is 30.9. The lowest BCUT2D eigenvalue weighted by Gasteiger charge is -2.29. The molecule has 230 valence electrons. The monoisotopic (exact) mass is 617 g/mol. The van der Waals surface area contributed by atoms with Crippen molar-refractivity contribution in [3.63, 3.8) is 0 Å². The molecule has 3 aromatic rings. The highest BCUT2D eigenvalue weighted by Gasteiger charge is 2.52. The Kier molecular flexibility index (Phi) is 8.87. The Morgan fingerprint density at radius 1 is 0.909 bits per heavy atom. The number of Topliss-reactive ketones (excluding diaryl/α,β-unsaturated/α-hetero) is 1. The van der Waals surface area contributed by atoms with Crippen molar-refractivity contribution in [1.29, 1.82) is 0 Å². The molecule has 2 unspecified atom stereocenters. The number of para-hydroxylation sites is 1. The van der Waals surface area contributed by atoms with Crippen molar-refractivity contribution in [3.05, 3.63) is 90.0 Å². The zero-order chi connectivity index (χ0) is 31.6. The van der Waals surface area contributed by atoms with Crippen molar-refractivity contribution in [3.8, 4) is 11.5 Å². The third kappa shape index (κ3) is 6.67. The van der Waals surface area contributed by atoms with Gasteiger partial charge in [0.2, 0.25) is 5.91 Å². The number of likely N-dealkylation sites (tertiary alicyclic amines) is 2. The maximum absolute atomic E-state index is 13.9. The number of ketones is 1. The van der Waals surface area contributed by atoms with Crippen LogP contribution < -0.4 is 10.1 Å². The van der Waals surface area contributed by atoms with E-state index in [1.54, 1.807) is 24.3 Å². The van der Waals surface area contributed by atoms with E-state index in [0.717, 1.165) is 6.26 Å². The Labute approximate surface area is 256 Å². The van der Waals surface area contributed by atoms with Crippen LogP contribution in [-0.4, -0.2) is 79.2 Å². The van der Waals surface area contributed by atoms with Gasteiger partial charge in [0, 0.05) is 23.9 Å². The van der Waals surface area contributed by atoms with Gasteiger partial charge in [0.05, 0.1) is 17.5 Å². The topological polar surface area (TPSA) is 130 Å². The minimum atomic E-state index is -3.53. The first-order chi connectivity index (χ1) is 20.9. The maximum atomic E-state index is 13.9. The second-order valence-corrected chi connectivity index (χ2v) is 13.6. The van der Waals surface area contributed by atoms with E-state index >= 15 is 0 Å². The minimum Gasteiger partial charge on any atom is -0.457 e. The Hall–Kier alpha value is -4.51. The van der Waals surface area contributed by atoms with Gasteiger partial charge in [-0.3, -0.25) is 19.2 Å². The molecule has 1 N–H and O–H groups in total. The summed E-state index contributed by atoms with van der Waals surface area (Å²) in [6.07, 6.45) is 1.82. The molecule has 0 bridgehead atoms. The first-order valence-corrected chi connectivity index (χ1v) is 16.4. The molecule has 0 saturated carbocycles.